The highest BCUT2D eigenvalue weighted by molar-refractivity contribution is 5.35. The van der Waals surface area contributed by atoms with Gasteiger partial charge in [0.15, 0.2) is 0 Å². The van der Waals surface area contributed by atoms with Crippen molar-refractivity contribution >= 4 is 0 Å². The van der Waals surface area contributed by atoms with E-state index >= 15 is 0 Å². The van der Waals surface area contributed by atoms with Gasteiger partial charge < -0.3 is 0 Å². The molecule has 5 aliphatic rings. The lowest BCUT2D eigenvalue weighted by Gasteiger charge is -2.29. The predicted molar refractivity (Wildman–Crippen MR) is 57.7 cm³/mol. The second-order valence-corrected chi connectivity index (χ2v) is 6.01. The third kappa shape index (κ3) is 0.708. The number of allylic oxidation sites excluding steroid dienone is 2. The van der Waals surface area contributed by atoms with Crippen LogP contribution in [-0.2, 0) is 0 Å². The van der Waals surface area contributed by atoms with E-state index in [0.717, 1.165) is 17.8 Å². The van der Waals surface area contributed by atoms with Crippen molar-refractivity contribution in [2.45, 2.75) is 33.1 Å². The molecule has 0 aromatic heterocycles. The van der Waals surface area contributed by atoms with Gasteiger partial charge in [0.2, 0.25) is 0 Å². The van der Waals surface area contributed by atoms with Crippen molar-refractivity contribution in [2.24, 2.45) is 41.4 Å². The summed E-state index contributed by atoms with van der Waals surface area (Å²) in [6.45, 7) is 4.74. The fourth-order valence-corrected chi connectivity index (χ4v) is 4.95. The standard InChI is InChI=1S/C14H20/c1-3-8-7-5-10(8)11(6-7)14-12-9(4-2)13(12)14/h5,8-14H,3-4,6H2,1-2H3/t8?,9?,10?,11?,12-,13?,14?/m1/s1. The minimum Gasteiger partial charge on any atom is -0.0810 e. The molecule has 0 aromatic carbocycles. The molecule has 0 aromatic rings. The first-order chi connectivity index (χ1) is 6.86. The zero-order chi connectivity index (χ0) is 9.45. The van der Waals surface area contributed by atoms with Crippen LogP contribution in [0.1, 0.15) is 33.1 Å². The smallest absolute Gasteiger partial charge is 0.0131 e. The highest BCUT2D eigenvalue weighted by Crippen LogP contribution is 2.79. The van der Waals surface area contributed by atoms with Gasteiger partial charge in [-0.1, -0.05) is 31.9 Å². The van der Waals surface area contributed by atoms with Crippen molar-refractivity contribution in [1.29, 1.82) is 0 Å². The molecule has 7 atom stereocenters. The monoisotopic (exact) mass is 188 g/mol. The van der Waals surface area contributed by atoms with Crippen LogP contribution in [0.3, 0.4) is 0 Å². The Bertz CT molecular complexity index is 304. The molecule has 3 fully saturated rings. The van der Waals surface area contributed by atoms with Crippen LogP contribution in [0.4, 0.5) is 0 Å². The van der Waals surface area contributed by atoms with Crippen molar-refractivity contribution in [3.8, 4) is 0 Å². The summed E-state index contributed by atoms with van der Waals surface area (Å²) in [5.74, 6) is 7.95. The van der Waals surface area contributed by atoms with Crippen molar-refractivity contribution < 1.29 is 0 Å². The molecule has 5 rings (SSSR count). The molecule has 76 valence electrons. The van der Waals surface area contributed by atoms with Gasteiger partial charge in [0.05, 0.1) is 0 Å². The summed E-state index contributed by atoms with van der Waals surface area (Å²) in [6.07, 6.45) is 6.97. The van der Waals surface area contributed by atoms with E-state index in [1.165, 1.54) is 42.9 Å². The summed E-state index contributed by atoms with van der Waals surface area (Å²) in [5, 5.41) is 0. The van der Waals surface area contributed by atoms with Gasteiger partial charge in [0.25, 0.3) is 0 Å². The minimum atomic E-state index is 1.03. The average Bonchev–Trinajstić information content (AvgIpc) is 2.95. The number of hydrogen-bond donors (Lipinski definition) is 0. The molecular weight excluding hydrogens is 168 g/mol. The Morgan fingerprint density at radius 1 is 1.14 bits per heavy atom. The van der Waals surface area contributed by atoms with Crippen molar-refractivity contribution in [2.75, 3.05) is 0 Å². The van der Waals surface area contributed by atoms with Gasteiger partial charge in [0.1, 0.15) is 0 Å². The Hall–Kier alpha value is -0.260. The maximum atomic E-state index is 2.61. The van der Waals surface area contributed by atoms with Gasteiger partial charge in [-0.3, -0.25) is 0 Å². The maximum absolute atomic E-state index is 2.61. The van der Waals surface area contributed by atoms with Gasteiger partial charge in [-0.25, -0.2) is 0 Å². The molecule has 0 N–H and O–H groups in total. The zero-order valence-electron chi connectivity index (χ0n) is 9.24. The molecule has 0 saturated heterocycles. The van der Waals surface area contributed by atoms with Crippen molar-refractivity contribution in [3.05, 3.63) is 11.6 Å². The molecule has 6 unspecified atom stereocenters. The van der Waals surface area contributed by atoms with Gasteiger partial charge in [0, 0.05) is 0 Å². The van der Waals surface area contributed by atoms with Crippen LogP contribution in [0, 0.1) is 41.4 Å². The Labute approximate surface area is 86.8 Å². The summed E-state index contributed by atoms with van der Waals surface area (Å²) in [7, 11) is 0. The van der Waals surface area contributed by atoms with Gasteiger partial charge in [-0.2, -0.15) is 0 Å². The topological polar surface area (TPSA) is 0 Å². The molecule has 14 heavy (non-hydrogen) atoms. The Morgan fingerprint density at radius 2 is 1.93 bits per heavy atom. The molecule has 2 bridgehead atoms. The number of hydrogen-bond acceptors (Lipinski definition) is 0. The number of fused-ring (bicyclic) bond motifs is 2. The first-order valence-electron chi connectivity index (χ1n) is 6.57. The fraction of sp³-hybridized carbons (Fsp3) is 0.857. The third-order valence-electron chi connectivity index (χ3n) is 5.76. The lowest BCUT2D eigenvalue weighted by Crippen LogP contribution is -2.22. The van der Waals surface area contributed by atoms with Crippen LogP contribution in [0.25, 0.3) is 0 Å². The fourth-order valence-electron chi connectivity index (χ4n) is 4.95. The zero-order valence-corrected chi connectivity index (χ0v) is 9.24. The lowest BCUT2D eigenvalue weighted by atomic mass is 9.75. The Balaban J connectivity index is 1.44. The Morgan fingerprint density at radius 3 is 2.50 bits per heavy atom. The van der Waals surface area contributed by atoms with E-state index in [-0.39, 0.29) is 0 Å². The predicted octanol–water partition coefficient (Wildman–Crippen LogP) is 3.49. The van der Waals surface area contributed by atoms with E-state index in [4.69, 9.17) is 0 Å². The van der Waals surface area contributed by atoms with E-state index in [9.17, 15) is 0 Å². The van der Waals surface area contributed by atoms with Crippen LogP contribution in [-0.4, -0.2) is 0 Å². The first-order valence-corrected chi connectivity index (χ1v) is 6.57. The average molecular weight is 188 g/mol. The molecule has 0 amide bonds. The van der Waals surface area contributed by atoms with E-state index in [1.54, 1.807) is 0 Å². The van der Waals surface area contributed by atoms with Crippen LogP contribution >= 0.6 is 0 Å². The Kier molecular flexibility index (Phi) is 1.30. The van der Waals surface area contributed by atoms with Crippen LogP contribution in [0.2, 0.25) is 0 Å². The molecule has 0 aliphatic heterocycles. The van der Waals surface area contributed by atoms with E-state index in [0.29, 0.717) is 0 Å². The summed E-state index contributed by atoms with van der Waals surface area (Å²) in [4.78, 5) is 0. The summed E-state index contributed by atoms with van der Waals surface area (Å²) >= 11 is 0. The molecule has 3 saturated carbocycles. The minimum absolute atomic E-state index is 1.03. The normalized spacial score (nSPS) is 61.6. The SMILES string of the molecule is CCC1C2=CC1C(C1C3C(CC)[C@@H]13)C2. The third-order valence-corrected chi connectivity index (χ3v) is 5.76. The highest BCUT2D eigenvalue weighted by Gasteiger charge is 2.75. The molecule has 0 spiro atoms. The summed E-state index contributed by atoms with van der Waals surface area (Å²) in [6, 6.07) is 0. The molecule has 0 heterocycles. The highest BCUT2D eigenvalue weighted by atomic mass is 14.8. The lowest BCUT2D eigenvalue weighted by molar-refractivity contribution is 0.264. The second-order valence-electron chi connectivity index (χ2n) is 6.01. The van der Waals surface area contributed by atoms with Gasteiger partial charge in [-0.15, -0.1) is 0 Å². The largest absolute Gasteiger partial charge is 0.0810 e. The summed E-state index contributed by atoms with van der Waals surface area (Å²) < 4.78 is 0. The van der Waals surface area contributed by atoms with Crippen LogP contribution in [0.5, 0.6) is 0 Å². The molecule has 0 heteroatoms. The molecule has 5 aliphatic carbocycles. The molecule has 0 radical (unpaired) electrons. The van der Waals surface area contributed by atoms with E-state index in [1.807, 2.05) is 5.57 Å². The van der Waals surface area contributed by atoms with Crippen LogP contribution in [0.15, 0.2) is 11.6 Å². The number of rotatable bonds is 3. The van der Waals surface area contributed by atoms with Crippen molar-refractivity contribution in [3.63, 3.8) is 0 Å². The van der Waals surface area contributed by atoms with Crippen molar-refractivity contribution in [1.82, 2.24) is 0 Å². The van der Waals surface area contributed by atoms with E-state index < -0.39 is 0 Å². The molecular formula is C14H20. The quantitative estimate of drug-likeness (QED) is 0.595. The van der Waals surface area contributed by atoms with Crippen LogP contribution < -0.4 is 0 Å². The van der Waals surface area contributed by atoms with E-state index in [2.05, 4.69) is 19.9 Å². The first kappa shape index (κ1) is 7.96. The maximum Gasteiger partial charge on any atom is -0.0131 e. The second kappa shape index (κ2) is 2.28. The van der Waals surface area contributed by atoms with Gasteiger partial charge in [-0.05, 0) is 54.3 Å². The summed E-state index contributed by atoms with van der Waals surface area (Å²) in [5.41, 5.74) is 1.84. The van der Waals surface area contributed by atoms with Gasteiger partial charge >= 0.3 is 0 Å². The molecule has 0 nitrogen and oxygen atoms in total.